The van der Waals surface area contributed by atoms with Crippen LogP contribution in [0.3, 0.4) is 0 Å². The second-order valence-electron chi connectivity index (χ2n) is 8.07. The lowest BCUT2D eigenvalue weighted by Crippen LogP contribution is -2.31. The lowest BCUT2D eigenvalue weighted by molar-refractivity contribution is -0.120. The summed E-state index contributed by atoms with van der Waals surface area (Å²) in [7, 11) is 1.70. The summed E-state index contributed by atoms with van der Waals surface area (Å²) in [6, 6.07) is 24.6. The van der Waals surface area contributed by atoms with Crippen LogP contribution in [-0.4, -0.2) is 37.0 Å². The van der Waals surface area contributed by atoms with Gasteiger partial charge in [0.05, 0.1) is 11.4 Å². The summed E-state index contributed by atoms with van der Waals surface area (Å²) in [4.78, 5) is 42.8. The molecule has 0 aliphatic carbocycles. The summed E-state index contributed by atoms with van der Waals surface area (Å²) in [5.74, 6) is -0.888. The van der Waals surface area contributed by atoms with Crippen molar-refractivity contribution in [3.63, 3.8) is 0 Å². The Morgan fingerprint density at radius 3 is 2.35 bits per heavy atom. The molecule has 0 radical (unpaired) electrons. The van der Waals surface area contributed by atoms with Crippen LogP contribution in [0.5, 0.6) is 0 Å². The third kappa shape index (κ3) is 5.04. The molecule has 4 rings (SSSR count). The number of benzene rings is 3. The second kappa shape index (κ2) is 10.1. The molecule has 0 spiro atoms. The summed E-state index contributed by atoms with van der Waals surface area (Å²) in [6.07, 6.45) is 0.213. The summed E-state index contributed by atoms with van der Waals surface area (Å²) < 4.78 is 0. The molecule has 1 unspecified atom stereocenters. The van der Waals surface area contributed by atoms with Crippen molar-refractivity contribution in [2.24, 2.45) is 4.99 Å². The molecule has 0 fully saturated rings. The molecule has 0 bridgehead atoms. The molecule has 1 heterocycles. The third-order valence-corrected chi connectivity index (χ3v) is 5.71. The maximum Gasteiger partial charge on any atom is 0.238 e. The minimum Gasteiger partial charge on any atom is -0.356 e. The molecular weight excluding hydrogens is 428 g/mol. The fourth-order valence-electron chi connectivity index (χ4n) is 3.93. The molecule has 0 aromatic heterocycles. The summed E-state index contributed by atoms with van der Waals surface area (Å²) in [6.45, 7) is 1.72. The first kappa shape index (κ1) is 22.9. The minimum absolute atomic E-state index is 0.103. The van der Waals surface area contributed by atoms with E-state index in [1.807, 2.05) is 78.9 Å². The second-order valence-corrected chi connectivity index (χ2v) is 8.07. The van der Waals surface area contributed by atoms with Crippen molar-refractivity contribution in [2.45, 2.75) is 19.3 Å². The van der Waals surface area contributed by atoms with Crippen LogP contribution in [0, 0.1) is 0 Å². The predicted octanol–water partition coefficient (Wildman–Crippen LogP) is 4.03. The average molecular weight is 455 g/mol. The largest absolute Gasteiger partial charge is 0.356 e. The zero-order chi connectivity index (χ0) is 24.1. The van der Waals surface area contributed by atoms with Gasteiger partial charge in [-0.15, -0.1) is 0 Å². The van der Waals surface area contributed by atoms with Gasteiger partial charge in [0.1, 0.15) is 5.92 Å². The van der Waals surface area contributed by atoms with Crippen LogP contribution in [0.1, 0.15) is 30.4 Å². The van der Waals surface area contributed by atoms with Crippen LogP contribution >= 0.6 is 0 Å². The van der Waals surface area contributed by atoms with E-state index in [4.69, 9.17) is 4.99 Å². The Labute approximate surface area is 198 Å². The van der Waals surface area contributed by atoms with Gasteiger partial charge < -0.3 is 15.5 Å². The number of carbonyl (C=O) groups excluding carboxylic acids is 3. The lowest BCUT2D eigenvalue weighted by Gasteiger charge is -2.18. The molecule has 0 saturated carbocycles. The van der Waals surface area contributed by atoms with Crippen LogP contribution in [-0.2, 0) is 14.4 Å². The van der Waals surface area contributed by atoms with E-state index in [1.54, 1.807) is 11.9 Å². The molecule has 3 aromatic rings. The smallest absolute Gasteiger partial charge is 0.238 e. The van der Waals surface area contributed by atoms with Crippen LogP contribution in [0.15, 0.2) is 83.9 Å². The minimum atomic E-state index is -0.517. The number of hydrogen-bond donors (Lipinski definition) is 2. The average Bonchev–Trinajstić information content (AvgIpc) is 3.18. The molecule has 1 atom stereocenters. The Kier molecular flexibility index (Phi) is 6.82. The monoisotopic (exact) mass is 454 g/mol. The zero-order valence-corrected chi connectivity index (χ0v) is 19.1. The Morgan fingerprint density at radius 2 is 1.65 bits per heavy atom. The van der Waals surface area contributed by atoms with Crippen molar-refractivity contribution < 1.29 is 14.4 Å². The number of hydrogen-bond acceptors (Lipinski definition) is 4. The van der Waals surface area contributed by atoms with E-state index < -0.39 is 5.92 Å². The number of rotatable bonds is 7. The van der Waals surface area contributed by atoms with Gasteiger partial charge >= 0.3 is 0 Å². The number of nitrogens with zero attached hydrogens (tertiary/aromatic N) is 2. The predicted molar refractivity (Wildman–Crippen MR) is 134 cm³/mol. The van der Waals surface area contributed by atoms with Crippen molar-refractivity contribution in [3.8, 4) is 0 Å². The first-order valence-electron chi connectivity index (χ1n) is 11.1. The van der Waals surface area contributed by atoms with Crippen LogP contribution in [0.4, 0.5) is 17.1 Å². The van der Waals surface area contributed by atoms with Crippen LogP contribution in [0.25, 0.3) is 0 Å². The summed E-state index contributed by atoms with van der Waals surface area (Å²) in [5.41, 5.74) is 4.63. The van der Waals surface area contributed by atoms with Gasteiger partial charge in [-0.1, -0.05) is 48.5 Å². The number of aliphatic imine (C=N–C) groups is 1. The summed E-state index contributed by atoms with van der Waals surface area (Å²) in [5, 5.41) is 5.58. The molecular formula is C27H26N4O3. The van der Waals surface area contributed by atoms with Crippen LogP contribution in [0.2, 0.25) is 0 Å². The molecule has 34 heavy (non-hydrogen) atoms. The standard InChI is InChI=1S/C27H26N4O3/c1-18(32)28-17-16-24(33)31(2)21-14-12-20(13-15-21)29-26(19-8-4-3-5-9-19)25-22-10-6-7-11-23(22)30-27(25)34/h3-15,25H,16-17H2,1-2H3,(H,28,32)(H,30,34). The van der Waals surface area contributed by atoms with Gasteiger partial charge in [-0.25, -0.2) is 0 Å². The Morgan fingerprint density at radius 1 is 0.971 bits per heavy atom. The van der Waals surface area contributed by atoms with Crippen molar-refractivity contribution in [1.29, 1.82) is 0 Å². The van der Waals surface area contributed by atoms with E-state index in [0.717, 1.165) is 22.5 Å². The SMILES string of the molecule is CC(=O)NCCC(=O)N(C)c1ccc(N=C(c2ccccc2)C2C(=O)Nc3ccccc32)cc1. The molecule has 3 aromatic carbocycles. The first-order valence-corrected chi connectivity index (χ1v) is 11.1. The number of nitrogens with one attached hydrogen (secondary N) is 2. The molecule has 2 N–H and O–H groups in total. The highest BCUT2D eigenvalue weighted by atomic mass is 16.2. The maximum atomic E-state index is 12.9. The van der Waals surface area contributed by atoms with Crippen LogP contribution < -0.4 is 15.5 Å². The van der Waals surface area contributed by atoms with Crippen molar-refractivity contribution in [3.05, 3.63) is 90.0 Å². The lowest BCUT2D eigenvalue weighted by atomic mass is 9.90. The highest BCUT2D eigenvalue weighted by molar-refractivity contribution is 6.24. The van der Waals surface area contributed by atoms with E-state index >= 15 is 0 Å². The number of para-hydroxylation sites is 1. The number of carbonyl (C=O) groups is 3. The summed E-state index contributed by atoms with van der Waals surface area (Å²) >= 11 is 0. The molecule has 7 heteroatoms. The van der Waals surface area contributed by atoms with Gasteiger partial charge in [-0.05, 0) is 41.5 Å². The molecule has 172 valence electrons. The fraction of sp³-hybridized carbons (Fsp3) is 0.185. The van der Waals surface area contributed by atoms with Gasteiger partial charge in [0, 0.05) is 38.3 Å². The molecule has 1 aliphatic heterocycles. The van der Waals surface area contributed by atoms with Gasteiger partial charge in [0.2, 0.25) is 17.7 Å². The van der Waals surface area contributed by atoms with Gasteiger partial charge in [-0.2, -0.15) is 0 Å². The van der Waals surface area contributed by atoms with Crippen molar-refractivity contribution in [1.82, 2.24) is 5.32 Å². The third-order valence-electron chi connectivity index (χ3n) is 5.71. The van der Waals surface area contributed by atoms with E-state index in [1.165, 1.54) is 6.92 Å². The fourth-order valence-corrected chi connectivity index (χ4v) is 3.93. The van der Waals surface area contributed by atoms with Crippen molar-refractivity contribution >= 4 is 40.5 Å². The van der Waals surface area contributed by atoms with E-state index in [0.29, 0.717) is 17.9 Å². The topological polar surface area (TPSA) is 90.9 Å². The Bertz CT molecular complexity index is 1240. The quantitative estimate of drug-likeness (QED) is 0.528. The van der Waals surface area contributed by atoms with Gasteiger partial charge in [0.25, 0.3) is 0 Å². The highest BCUT2D eigenvalue weighted by Gasteiger charge is 2.35. The molecule has 7 nitrogen and oxygen atoms in total. The number of amides is 3. The normalized spacial score (nSPS) is 14.8. The Hall–Kier alpha value is -4.26. The van der Waals surface area contributed by atoms with E-state index in [2.05, 4.69) is 10.6 Å². The number of fused-ring (bicyclic) bond motifs is 1. The Balaban J connectivity index is 1.61. The van der Waals surface area contributed by atoms with Crippen molar-refractivity contribution in [2.75, 3.05) is 23.8 Å². The maximum absolute atomic E-state index is 12.9. The molecule has 1 aliphatic rings. The number of anilines is 2. The zero-order valence-electron chi connectivity index (χ0n) is 19.1. The molecule has 3 amide bonds. The van der Waals surface area contributed by atoms with E-state index in [9.17, 15) is 14.4 Å². The molecule has 0 saturated heterocycles. The first-order chi connectivity index (χ1) is 16.4. The van der Waals surface area contributed by atoms with E-state index in [-0.39, 0.29) is 24.1 Å². The highest BCUT2D eigenvalue weighted by Crippen LogP contribution is 2.36. The van der Waals surface area contributed by atoms with Gasteiger partial charge in [-0.3, -0.25) is 19.4 Å². The van der Waals surface area contributed by atoms with Gasteiger partial charge in [0.15, 0.2) is 0 Å².